The molecule has 0 saturated carbocycles. The Bertz CT molecular complexity index is 828. The fourth-order valence-electron chi connectivity index (χ4n) is 2.82. The number of carbonyl (C=O) groups is 1. The first-order valence-electron chi connectivity index (χ1n) is 8.26. The van der Waals surface area contributed by atoms with Crippen LogP contribution in [0.4, 0.5) is 13.2 Å². The lowest BCUT2D eigenvalue weighted by Crippen LogP contribution is -2.55. The number of esters is 1. The second-order valence-corrected chi connectivity index (χ2v) is 6.47. The van der Waals surface area contributed by atoms with E-state index in [1.54, 1.807) is 6.92 Å². The summed E-state index contributed by atoms with van der Waals surface area (Å²) in [5.41, 5.74) is -0.670. The summed E-state index contributed by atoms with van der Waals surface area (Å²) in [5, 5.41) is 3.12. The fourth-order valence-corrected chi connectivity index (χ4v) is 2.82. The van der Waals surface area contributed by atoms with Gasteiger partial charge >= 0.3 is 12.1 Å². The molecule has 1 aliphatic heterocycles. The van der Waals surface area contributed by atoms with Crippen molar-refractivity contribution in [1.82, 2.24) is 10.3 Å². The van der Waals surface area contributed by atoms with Crippen LogP contribution in [0.15, 0.2) is 28.7 Å². The summed E-state index contributed by atoms with van der Waals surface area (Å²) in [6.45, 7) is 2.88. The van der Waals surface area contributed by atoms with Crippen LogP contribution in [-0.4, -0.2) is 37.8 Å². The molecule has 6 nitrogen and oxygen atoms in total. The van der Waals surface area contributed by atoms with Crippen LogP contribution in [0.2, 0.25) is 0 Å². The monoisotopic (exact) mass is 384 g/mol. The van der Waals surface area contributed by atoms with Crippen molar-refractivity contribution in [1.29, 1.82) is 0 Å². The van der Waals surface area contributed by atoms with Gasteiger partial charge in [-0.15, -0.1) is 0 Å². The standard InChI is InChI=1S/C18H19F3N2O4/c1-11-14(7-22-8-17(9-26-10-17)16(24)25-2)23-15(27-11)12-4-3-5-13(6-12)18(19,20)21/h3-6,22H,7-10H2,1-2H3. The number of halogens is 3. The van der Waals surface area contributed by atoms with E-state index in [1.807, 2.05) is 0 Å². The normalized spacial score (nSPS) is 16.0. The number of rotatable bonds is 6. The van der Waals surface area contributed by atoms with Crippen LogP contribution in [0, 0.1) is 12.3 Å². The minimum Gasteiger partial charge on any atom is -0.468 e. The molecule has 0 amide bonds. The Kier molecular flexibility index (Phi) is 5.25. The highest BCUT2D eigenvalue weighted by Crippen LogP contribution is 2.32. The predicted molar refractivity (Wildman–Crippen MR) is 88.7 cm³/mol. The number of aromatic nitrogens is 1. The van der Waals surface area contributed by atoms with Crippen molar-refractivity contribution in [2.75, 3.05) is 26.9 Å². The van der Waals surface area contributed by atoms with Crippen molar-refractivity contribution < 1.29 is 31.9 Å². The van der Waals surface area contributed by atoms with Gasteiger partial charge in [-0.3, -0.25) is 4.79 Å². The van der Waals surface area contributed by atoms with E-state index >= 15 is 0 Å². The molecule has 1 aliphatic rings. The van der Waals surface area contributed by atoms with Crippen LogP contribution in [0.5, 0.6) is 0 Å². The summed E-state index contributed by atoms with van der Waals surface area (Å²) in [6.07, 6.45) is -4.44. The number of aryl methyl sites for hydroxylation is 1. The van der Waals surface area contributed by atoms with Crippen LogP contribution >= 0.6 is 0 Å². The maximum absolute atomic E-state index is 12.9. The van der Waals surface area contributed by atoms with Crippen LogP contribution in [-0.2, 0) is 27.0 Å². The third-order valence-electron chi connectivity index (χ3n) is 4.46. The maximum Gasteiger partial charge on any atom is 0.416 e. The van der Waals surface area contributed by atoms with Gasteiger partial charge in [0.2, 0.25) is 5.89 Å². The molecule has 1 aromatic heterocycles. The largest absolute Gasteiger partial charge is 0.468 e. The average molecular weight is 384 g/mol. The van der Waals surface area contributed by atoms with Crippen LogP contribution in [0.1, 0.15) is 17.0 Å². The quantitative estimate of drug-likeness (QED) is 0.772. The molecule has 9 heteroatoms. The van der Waals surface area contributed by atoms with E-state index in [9.17, 15) is 18.0 Å². The Hall–Kier alpha value is -2.39. The lowest BCUT2D eigenvalue weighted by molar-refractivity contribution is -0.182. The van der Waals surface area contributed by atoms with Crippen molar-refractivity contribution in [3.05, 3.63) is 41.3 Å². The zero-order valence-corrected chi connectivity index (χ0v) is 14.9. The van der Waals surface area contributed by atoms with Gasteiger partial charge in [0.1, 0.15) is 11.2 Å². The van der Waals surface area contributed by atoms with E-state index in [0.29, 0.717) is 24.5 Å². The molecule has 1 N–H and O–H groups in total. The summed E-state index contributed by atoms with van der Waals surface area (Å²) in [5.74, 6) is 0.264. The smallest absolute Gasteiger partial charge is 0.416 e. The highest BCUT2D eigenvalue weighted by molar-refractivity contribution is 5.78. The number of hydrogen-bond acceptors (Lipinski definition) is 6. The van der Waals surface area contributed by atoms with E-state index in [-0.39, 0.29) is 30.6 Å². The molecule has 2 heterocycles. The number of benzene rings is 1. The van der Waals surface area contributed by atoms with E-state index in [1.165, 1.54) is 19.2 Å². The molecule has 27 heavy (non-hydrogen) atoms. The van der Waals surface area contributed by atoms with Gasteiger partial charge in [0.15, 0.2) is 0 Å². The molecule has 0 radical (unpaired) electrons. The molecule has 0 unspecified atom stereocenters. The number of alkyl halides is 3. The average Bonchev–Trinajstić information content (AvgIpc) is 2.97. The van der Waals surface area contributed by atoms with Gasteiger partial charge in [-0.2, -0.15) is 13.2 Å². The molecular weight excluding hydrogens is 365 g/mol. The molecule has 146 valence electrons. The van der Waals surface area contributed by atoms with Crippen molar-refractivity contribution >= 4 is 5.97 Å². The van der Waals surface area contributed by atoms with Gasteiger partial charge in [-0.05, 0) is 25.1 Å². The molecule has 0 spiro atoms. The second kappa shape index (κ2) is 7.32. The summed E-state index contributed by atoms with van der Waals surface area (Å²) in [4.78, 5) is 16.1. The minimum absolute atomic E-state index is 0.116. The molecule has 1 saturated heterocycles. The molecule has 1 aromatic carbocycles. The highest BCUT2D eigenvalue weighted by atomic mass is 19.4. The Morgan fingerprint density at radius 1 is 1.37 bits per heavy atom. The highest BCUT2D eigenvalue weighted by Gasteiger charge is 2.46. The van der Waals surface area contributed by atoms with Gasteiger partial charge in [0.25, 0.3) is 0 Å². The van der Waals surface area contributed by atoms with Crippen molar-refractivity contribution in [2.45, 2.75) is 19.6 Å². The lowest BCUT2D eigenvalue weighted by atomic mass is 9.86. The van der Waals surface area contributed by atoms with E-state index in [4.69, 9.17) is 13.9 Å². The number of nitrogens with one attached hydrogen (secondary N) is 1. The van der Waals surface area contributed by atoms with Gasteiger partial charge < -0.3 is 19.2 Å². The SMILES string of the molecule is COC(=O)C1(CNCc2nc(-c3cccc(C(F)(F)F)c3)oc2C)COC1. The molecule has 1 fully saturated rings. The van der Waals surface area contributed by atoms with Crippen LogP contribution < -0.4 is 5.32 Å². The zero-order chi connectivity index (χ0) is 19.7. The van der Waals surface area contributed by atoms with E-state index < -0.39 is 17.2 Å². The number of methoxy groups -OCH3 is 1. The first kappa shape index (κ1) is 19.4. The van der Waals surface area contributed by atoms with Crippen molar-refractivity contribution in [3.63, 3.8) is 0 Å². The predicted octanol–water partition coefficient (Wildman–Crippen LogP) is 2.95. The van der Waals surface area contributed by atoms with E-state index in [2.05, 4.69) is 10.3 Å². The molecule has 2 aromatic rings. The Labute approximate surface area is 153 Å². The van der Waals surface area contributed by atoms with Crippen molar-refractivity contribution in [2.24, 2.45) is 5.41 Å². The first-order chi connectivity index (χ1) is 12.7. The molecule has 0 bridgehead atoms. The summed E-state index contributed by atoms with van der Waals surface area (Å²) < 4.78 is 54.1. The lowest BCUT2D eigenvalue weighted by Gasteiger charge is -2.38. The Balaban J connectivity index is 1.69. The summed E-state index contributed by atoms with van der Waals surface area (Å²) >= 11 is 0. The minimum atomic E-state index is -4.44. The number of oxazole rings is 1. The molecule has 0 atom stereocenters. The fraction of sp³-hybridized carbons (Fsp3) is 0.444. The second-order valence-electron chi connectivity index (χ2n) is 6.47. The zero-order valence-electron chi connectivity index (χ0n) is 14.9. The van der Waals surface area contributed by atoms with Gasteiger partial charge in [-0.1, -0.05) is 6.07 Å². The van der Waals surface area contributed by atoms with Gasteiger partial charge in [0.05, 0.1) is 31.6 Å². The van der Waals surface area contributed by atoms with Gasteiger partial charge in [-0.25, -0.2) is 4.98 Å². The topological polar surface area (TPSA) is 73.6 Å². The summed E-state index contributed by atoms with van der Waals surface area (Å²) in [7, 11) is 1.32. The maximum atomic E-state index is 12.9. The number of ether oxygens (including phenoxy) is 2. The Morgan fingerprint density at radius 2 is 2.11 bits per heavy atom. The number of carbonyl (C=O) groups excluding carboxylic acids is 1. The summed E-state index contributed by atoms with van der Waals surface area (Å²) in [6, 6.07) is 4.82. The third-order valence-corrected chi connectivity index (χ3v) is 4.46. The van der Waals surface area contributed by atoms with Gasteiger partial charge in [0, 0.05) is 18.7 Å². The number of nitrogens with zero attached hydrogens (tertiary/aromatic N) is 1. The first-order valence-corrected chi connectivity index (χ1v) is 8.26. The third kappa shape index (κ3) is 3.98. The van der Waals surface area contributed by atoms with Crippen LogP contribution in [0.3, 0.4) is 0 Å². The number of hydrogen-bond donors (Lipinski definition) is 1. The van der Waals surface area contributed by atoms with Crippen molar-refractivity contribution in [3.8, 4) is 11.5 Å². The molecular formula is C18H19F3N2O4. The molecule has 3 rings (SSSR count). The molecule has 0 aliphatic carbocycles. The van der Waals surface area contributed by atoms with E-state index in [0.717, 1.165) is 12.1 Å². The Morgan fingerprint density at radius 3 is 2.70 bits per heavy atom. The van der Waals surface area contributed by atoms with Crippen LogP contribution in [0.25, 0.3) is 11.5 Å².